The quantitative estimate of drug-likeness (QED) is 0.109. The number of ether oxygens (including phenoxy) is 1. The Labute approximate surface area is 312 Å². The molecule has 2 saturated heterocycles. The van der Waals surface area contributed by atoms with Crippen LogP contribution in [0.4, 0.5) is 10.7 Å². The van der Waals surface area contributed by atoms with E-state index in [-0.39, 0.29) is 26.1 Å². The fourth-order valence-corrected chi connectivity index (χ4v) is 9.41. The van der Waals surface area contributed by atoms with Crippen molar-refractivity contribution < 1.29 is 19.2 Å². The molecule has 3 aromatic carbocycles. The molecule has 274 valence electrons. The Balaban J connectivity index is 0.937. The van der Waals surface area contributed by atoms with Gasteiger partial charge < -0.3 is 19.1 Å². The number of amides is 2. The molecule has 4 heterocycles. The second-order valence-corrected chi connectivity index (χ2v) is 15.7. The molecule has 0 bridgehead atoms. The predicted molar refractivity (Wildman–Crippen MR) is 209 cm³/mol. The standard InChI is InChI=1S/C42H47N6O4P/c1-46-26-31(32-12-6-7-17-38(32)46)27-48(42(50)53-28-37-35-15-4-2-13-33(35)34-14-3-5-16-36(34)37)25-29-11-10-20-47(21-19-29)41-43-23-30(24-44-41)40(49)45-52-39-18-8-9-22-51-39/h2-7,12-17,23-24,26,29,37,39,53H,8-11,18-22,25,27-28H2,1H3,(H,45,49). The molecule has 2 aliphatic heterocycles. The van der Waals surface area contributed by atoms with E-state index in [0.717, 1.165) is 57.8 Å². The minimum Gasteiger partial charge on any atom is -0.350 e. The van der Waals surface area contributed by atoms with E-state index in [1.165, 1.54) is 38.7 Å². The summed E-state index contributed by atoms with van der Waals surface area (Å²) >= 11 is 0. The summed E-state index contributed by atoms with van der Waals surface area (Å²) < 4.78 is 7.69. The highest BCUT2D eigenvalue weighted by molar-refractivity contribution is 7.57. The zero-order valence-corrected chi connectivity index (χ0v) is 31.2. The number of hydroxylamine groups is 1. The van der Waals surface area contributed by atoms with Crippen LogP contribution >= 0.6 is 8.58 Å². The van der Waals surface area contributed by atoms with Gasteiger partial charge in [-0.25, -0.2) is 20.3 Å². The Hall–Kier alpha value is -4.63. The number of nitrogens with one attached hydrogen (secondary N) is 1. The van der Waals surface area contributed by atoms with Gasteiger partial charge in [0.15, 0.2) is 6.29 Å². The number of rotatable bonds is 11. The molecule has 10 nitrogen and oxygen atoms in total. The van der Waals surface area contributed by atoms with Crippen LogP contribution in [-0.2, 0) is 23.2 Å². The highest BCUT2D eigenvalue weighted by Crippen LogP contribution is 2.47. The highest BCUT2D eigenvalue weighted by Gasteiger charge is 2.30. The van der Waals surface area contributed by atoms with Crippen molar-refractivity contribution in [2.24, 2.45) is 13.0 Å². The lowest BCUT2D eigenvalue weighted by molar-refractivity contribution is -0.186. The van der Waals surface area contributed by atoms with Gasteiger partial charge in [-0.15, -0.1) is 0 Å². The maximum Gasteiger partial charge on any atom is 0.278 e. The van der Waals surface area contributed by atoms with Gasteiger partial charge in [0.25, 0.3) is 5.91 Å². The molecule has 0 radical (unpaired) electrons. The number of anilines is 1. The molecule has 2 aromatic heterocycles. The molecule has 11 heteroatoms. The van der Waals surface area contributed by atoms with Crippen LogP contribution in [0.5, 0.6) is 0 Å². The van der Waals surface area contributed by atoms with Gasteiger partial charge in [0.1, 0.15) is 0 Å². The molecule has 2 fully saturated rings. The van der Waals surface area contributed by atoms with Gasteiger partial charge >= 0.3 is 0 Å². The number of benzene rings is 3. The van der Waals surface area contributed by atoms with Crippen molar-refractivity contribution in [2.45, 2.75) is 57.3 Å². The van der Waals surface area contributed by atoms with E-state index in [9.17, 15) is 9.59 Å². The second-order valence-electron chi connectivity index (χ2n) is 14.5. The van der Waals surface area contributed by atoms with Crippen molar-refractivity contribution >= 4 is 37.0 Å². The molecule has 1 aliphatic carbocycles. The van der Waals surface area contributed by atoms with Crippen LogP contribution in [-0.4, -0.2) is 69.7 Å². The number of carbonyl (C=O) groups excluding carboxylic acids is 2. The van der Waals surface area contributed by atoms with Crippen LogP contribution in [0.2, 0.25) is 0 Å². The second kappa shape index (κ2) is 16.2. The molecular weight excluding hydrogens is 683 g/mol. The molecule has 2 amide bonds. The zero-order chi connectivity index (χ0) is 36.1. The normalized spacial score (nSPS) is 18.9. The fraction of sp³-hybridized carbons (Fsp3) is 0.381. The lowest BCUT2D eigenvalue weighted by Crippen LogP contribution is -2.33. The Morgan fingerprint density at radius 1 is 0.906 bits per heavy atom. The molecule has 0 spiro atoms. The van der Waals surface area contributed by atoms with Gasteiger partial charge in [-0.3, -0.25) is 9.59 Å². The van der Waals surface area contributed by atoms with Crippen molar-refractivity contribution in [1.29, 1.82) is 0 Å². The third-order valence-electron chi connectivity index (χ3n) is 11.0. The van der Waals surface area contributed by atoms with Crippen LogP contribution in [0.1, 0.15) is 71.5 Å². The van der Waals surface area contributed by atoms with Crippen LogP contribution in [0.25, 0.3) is 22.0 Å². The van der Waals surface area contributed by atoms with Crippen LogP contribution in [0.3, 0.4) is 0 Å². The van der Waals surface area contributed by atoms with Crippen LogP contribution < -0.4 is 10.4 Å². The molecule has 8 rings (SSSR count). The summed E-state index contributed by atoms with van der Waals surface area (Å²) in [6.45, 7) is 3.55. The first-order valence-corrected chi connectivity index (χ1v) is 20.1. The van der Waals surface area contributed by atoms with E-state index in [0.29, 0.717) is 37.1 Å². The van der Waals surface area contributed by atoms with Gasteiger partial charge in [0.2, 0.25) is 11.6 Å². The van der Waals surface area contributed by atoms with Crippen molar-refractivity contribution in [1.82, 2.24) is 24.9 Å². The summed E-state index contributed by atoms with van der Waals surface area (Å²) in [7, 11) is 2.25. The Bertz CT molecular complexity index is 2020. The topological polar surface area (TPSA) is 102 Å². The maximum absolute atomic E-state index is 14.4. The van der Waals surface area contributed by atoms with E-state index in [4.69, 9.17) is 9.57 Å². The molecule has 3 unspecified atom stereocenters. The number of fused-ring (bicyclic) bond motifs is 4. The average Bonchev–Trinajstić information content (AvgIpc) is 3.58. The lowest BCUT2D eigenvalue weighted by Gasteiger charge is -2.28. The van der Waals surface area contributed by atoms with E-state index in [2.05, 4.69) is 116 Å². The minimum atomic E-state index is -0.418. The van der Waals surface area contributed by atoms with Crippen molar-refractivity contribution in [3.05, 3.63) is 114 Å². The summed E-state index contributed by atoms with van der Waals surface area (Å²) in [5.74, 6) is 0.799. The van der Waals surface area contributed by atoms with Gasteiger partial charge in [-0.2, -0.15) is 0 Å². The molecule has 1 N–H and O–H groups in total. The zero-order valence-electron chi connectivity index (χ0n) is 30.2. The van der Waals surface area contributed by atoms with Gasteiger partial charge in [0.05, 0.1) is 5.56 Å². The molecule has 53 heavy (non-hydrogen) atoms. The van der Waals surface area contributed by atoms with Gasteiger partial charge in [0, 0.05) is 81.7 Å². The van der Waals surface area contributed by atoms with Crippen molar-refractivity contribution in [3.63, 3.8) is 0 Å². The minimum absolute atomic E-state index is 0.170. The summed E-state index contributed by atoms with van der Waals surface area (Å²) in [6.07, 6.45) is 11.4. The van der Waals surface area contributed by atoms with Gasteiger partial charge in [-0.1, -0.05) is 66.7 Å². The number of carbonyl (C=O) groups is 2. The molecular formula is C42H47N6O4P. The summed E-state index contributed by atoms with van der Waals surface area (Å²) in [5, 5.41) is 1.20. The van der Waals surface area contributed by atoms with E-state index in [1.807, 2.05) is 0 Å². The number of para-hydroxylation sites is 1. The van der Waals surface area contributed by atoms with Crippen LogP contribution in [0, 0.1) is 5.92 Å². The Morgan fingerprint density at radius 2 is 1.64 bits per heavy atom. The lowest BCUT2D eigenvalue weighted by atomic mass is 9.99. The van der Waals surface area contributed by atoms with E-state index in [1.54, 1.807) is 12.4 Å². The molecule has 5 aromatic rings. The smallest absolute Gasteiger partial charge is 0.278 e. The third-order valence-corrected chi connectivity index (χ3v) is 12.2. The molecule has 3 aliphatic rings. The number of aryl methyl sites for hydroxylation is 1. The van der Waals surface area contributed by atoms with Crippen molar-refractivity contribution in [2.75, 3.05) is 37.3 Å². The maximum atomic E-state index is 14.4. The van der Waals surface area contributed by atoms with Crippen LogP contribution in [0.15, 0.2) is 91.4 Å². The first kappa shape index (κ1) is 35.4. The van der Waals surface area contributed by atoms with E-state index >= 15 is 0 Å². The molecule has 3 atom stereocenters. The predicted octanol–water partition coefficient (Wildman–Crippen LogP) is 7.88. The number of nitrogens with zero attached hydrogens (tertiary/aromatic N) is 5. The number of hydrogen-bond donors (Lipinski definition) is 1. The summed E-state index contributed by atoms with van der Waals surface area (Å²) in [4.78, 5) is 45.9. The SMILES string of the molecule is Cn1cc(CN(CC2CCCN(c3ncc(C(=O)NOC4CCCCO4)cn3)CC2)C(=O)PCC2c3ccccc3-c3ccccc32)c2ccccc21. The largest absolute Gasteiger partial charge is 0.350 e. The summed E-state index contributed by atoms with van der Waals surface area (Å²) in [6, 6.07) is 25.8. The highest BCUT2D eigenvalue weighted by atomic mass is 31.1. The van der Waals surface area contributed by atoms with Crippen molar-refractivity contribution in [3.8, 4) is 11.1 Å². The average molecular weight is 731 g/mol. The number of aromatic nitrogens is 3. The monoisotopic (exact) mass is 730 g/mol. The molecule has 0 saturated carbocycles. The Kier molecular flexibility index (Phi) is 10.8. The number of hydrogen-bond acceptors (Lipinski definition) is 7. The van der Waals surface area contributed by atoms with E-state index < -0.39 is 6.29 Å². The first-order chi connectivity index (χ1) is 26.0. The van der Waals surface area contributed by atoms with Gasteiger partial charge in [-0.05, 0) is 86.6 Å². The fourth-order valence-electron chi connectivity index (χ4n) is 8.20. The summed E-state index contributed by atoms with van der Waals surface area (Å²) in [5.41, 5.74) is 10.7. The first-order valence-electron chi connectivity index (χ1n) is 18.9. The third kappa shape index (κ3) is 7.86. The Morgan fingerprint density at radius 3 is 2.40 bits per heavy atom.